The van der Waals surface area contributed by atoms with Crippen LogP contribution in [0.25, 0.3) is 0 Å². The van der Waals surface area contributed by atoms with Gasteiger partial charge in [-0.25, -0.2) is 4.39 Å². The van der Waals surface area contributed by atoms with E-state index in [0.29, 0.717) is 25.9 Å². The number of hydrogen-bond donors (Lipinski definition) is 2. The number of hydrogen-bond acceptors (Lipinski definition) is 3. The first-order chi connectivity index (χ1) is 11.2. The van der Waals surface area contributed by atoms with E-state index >= 15 is 0 Å². The number of piperidine rings is 1. The van der Waals surface area contributed by atoms with Gasteiger partial charge >= 0.3 is 0 Å². The fourth-order valence-corrected chi connectivity index (χ4v) is 2.72. The van der Waals surface area contributed by atoms with Crippen molar-refractivity contribution in [3.8, 4) is 0 Å². The van der Waals surface area contributed by atoms with Crippen molar-refractivity contribution in [2.45, 2.75) is 45.7 Å². The molecule has 2 rings (SSSR count). The Morgan fingerprint density at radius 2 is 1.83 bits per heavy atom. The SMILES string of the molecule is CC(C)(C)[C@H](N)C(=O)NC1CCN(C(=O)c2ccccc2F)CC1. The second-order valence-corrected chi connectivity index (χ2v) is 7.40. The van der Waals surface area contributed by atoms with Crippen molar-refractivity contribution in [1.82, 2.24) is 10.2 Å². The molecule has 3 N–H and O–H groups in total. The number of carbonyl (C=O) groups is 2. The van der Waals surface area contributed by atoms with E-state index < -0.39 is 11.9 Å². The van der Waals surface area contributed by atoms with Crippen LogP contribution in [0, 0.1) is 11.2 Å². The number of nitrogens with zero attached hydrogens (tertiary/aromatic N) is 1. The summed E-state index contributed by atoms with van der Waals surface area (Å²) in [4.78, 5) is 26.2. The zero-order chi connectivity index (χ0) is 17.9. The van der Waals surface area contributed by atoms with Gasteiger partial charge in [0.2, 0.25) is 5.91 Å². The Labute approximate surface area is 142 Å². The molecule has 1 fully saturated rings. The van der Waals surface area contributed by atoms with Crippen LogP contribution in [0.4, 0.5) is 4.39 Å². The Morgan fingerprint density at radius 1 is 1.25 bits per heavy atom. The summed E-state index contributed by atoms with van der Waals surface area (Å²) in [6, 6.07) is 5.41. The molecule has 1 heterocycles. The van der Waals surface area contributed by atoms with Crippen molar-refractivity contribution < 1.29 is 14.0 Å². The Hall–Kier alpha value is -1.95. The lowest BCUT2D eigenvalue weighted by atomic mass is 9.86. The maximum atomic E-state index is 13.7. The molecule has 0 saturated carbocycles. The van der Waals surface area contributed by atoms with E-state index in [9.17, 15) is 14.0 Å². The molecule has 1 atom stereocenters. The number of benzene rings is 1. The van der Waals surface area contributed by atoms with E-state index in [1.165, 1.54) is 12.1 Å². The molecule has 0 unspecified atom stereocenters. The molecule has 0 aliphatic carbocycles. The molecule has 5 nitrogen and oxygen atoms in total. The third-order valence-electron chi connectivity index (χ3n) is 4.45. The summed E-state index contributed by atoms with van der Waals surface area (Å²) in [7, 11) is 0. The van der Waals surface area contributed by atoms with Gasteiger partial charge in [0.25, 0.3) is 5.91 Å². The summed E-state index contributed by atoms with van der Waals surface area (Å²) in [6.07, 6.45) is 1.28. The van der Waals surface area contributed by atoms with Gasteiger partial charge < -0.3 is 16.0 Å². The van der Waals surface area contributed by atoms with Gasteiger partial charge in [0, 0.05) is 19.1 Å². The van der Waals surface area contributed by atoms with Crippen molar-refractivity contribution in [1.29, 1.82) is 0 Å². The van der Waals surface area contributed by atoms with Gasteiger partial charge in [-0.05, 0) is 30.4 Å². The third kappa shape index (κ3) is 4.32. The lowest BCUT2D eigenvalue weighted by molar-refractivity contribution is -0.125. The van der Waals surface area contributed by atoms with E-state index in [1.54, 1.807) is 17.0 Å². The van der Waals surface area contributed by atoms with Crippen molar-refractivity contribution in [2.75, 3.05) is 13.1 Å². The molecule has 0 aromatic heterocycles. The summed E-state index contributed by atoms with van der Waals surface area (Å²) in [5, 5.41) is 2.96. The Kier molecular flexibility index (Phi) is 5.59. The molecule has 0 radical (unpaired) electrons. The monoisotopic (exact) mass is 335 g/mol. The highest BCUT2D eigenvalue weighted by molar-refractivity contribution is 5.94. The zero-order valence-electron chi connectivity index (χ0n) is 14.5. The minimum absolute atomic E-state index is 0.00410. The Balaban J connectivity index is 1.89. The van der Waals surface area contributed by atoms with Gasteiger partial charge in [-0.1, -0.05) is 32.9 Å². The predicted molar refractivity (Wildman–Crippen MR) is 90.9 cm³/mol. The topological polar surface area (TPSA) is 75.4 Å². The molecular weight excluding hydrogens is 309 g/mol. The van der Waals surface area contributed by atoms with Gasteiger partial charge in [0.15, 0.2) is 0 Å². The molecule has 2 amide bonds. The smallest absolute Gasteiger partial charge is 0.256 e. The maximum absolute atomic E-state index is 13.7. The Bertz CT molecular complexity index is 605. The van der Waals surface area contributed by atoms with E-state index in [4.69, 9.17) is 5.73 Å². The average molecular weight is 335 g/mol. The molecule has 1 aromatic carbocycles. The summed E-state index contributed by atoms with van der Waals surface area (Å²) in [5.74, 6) is -0.972. The van der Waals surface area contributed by atoms with E-state index in [2.05, 4.69) is 5.32 Å². The lowest BCUT2D eigenvalue weighted by Gasteiger charge is -2.34. The summed E-state index contributed by atoms with van der Waals surface area (Å²) in [5.41, 5.74) is 5.75. The highest BCUT2D eigenvalue weighted by Crippen LogP contribution is 2.19. The third-order valence-corrected chi connectivity index (χ3v) is 4.45. The van der Waals surface area contributed by atoms with Gasteiger partial charge in [-0.3, -0.25) is 9.59 Å². The highest BCUT2D eigenvalue weighted by Gasteiger charge is 2.31. The first-order valence-corrected chi connectivity index (χ1v) is 8.30. The second-order valence-electron chi connectivity index (χ2n) is 7.40. The molecule has 0 spiro atoms. The molecule has 1 saturated heterocycles. The van der Waals surface area contributed by atoms with Crippen LogP contribution >= 0.6 is 0 Å². The number of rotatable bonds is 3. The van der Waals surface area contributed by atoms with Crippen LogP contribution in [-0.2, 0) is 4.79 Å². The van der Waals surface area contributed by atoms with E-state index in [-0.39, 0.29) is 28.8 Å². The molecular formula is C18H26FN3O2. The summed E-state index contributed by atoms with van der Waals surface area (Å²) < 4.78 is 13.7. The van der Waals surface area contributed by atoms with Crippen molar-refractivity contribution in [2.24, 2.45) is 11.1 Å². The number of amides is 2. The van der Waals surface area contributed by atoms with Crippen LogP contribution < -0.4 is 11.1 Å². The number of nitrogens with two attached hydrogens (primary N) is 1. The molecule has 1 aliphatic rings. The fraction of sp³-hybridized carbons (Fsp3) is 0.556. The van der Waals surface area contributed by atoms with Crippen LogP contribution in [0.2, 0.25) is 0 Å². The minimum atomic E-state index is -0.574. The van der Waals surface area contributed by atoms with Gasteiger partial charge in [0.1, 0.15) is 5.82 Å². The molecule has 6 heteroatoms. The maximum Gasteiger partial charge on any atom is 0.256 e. The molecule has 0 bridgehead atoms. The zero-order valence-corrected chi connectivity index (χ0v) is 14.5. The van der Waals surface area contributed by atoms with Gasteiger partial charge in [0.05, 0.1) is 11.6 Å². The van der Waals surface area contributed by atoms with Crippen LogP contribution in [0.3, 0.4) is 0 Å². The molecule has 1 aliphatic heterocycles. The predicted octanol–water partition coefficient (Wildman–Crippen LogP) is 1.92. The van der Waals surface area contributed by atoms with Crippen LogP contribution in [-0.4, -0.2) is 41.9 Å². The second kappa shape index (κ2) is 7.30. The number of halogens is 1. The van der Waals surface area contributed by atoms with Gasteiger partial charge in [-0.15, -0.1) is 0 Å². The van der Waals surface area contributed by atoms with Crippen molar-refractivity contribution in [3.05, 3.63) is 35.6 Å². The van der Waals surface area contributed by atoms with Gasteiger partial charge in [-0.2, -0.15) is 0 Å². The summed E-state index contributed by atoms with van der Waals surface area (Å²) >= 11 is 0. The first-order valence-electron chi connectivity index (χ1n) is 8.30. The molecule has 1 aromatic rings. The fourth-order valence-electron chi connectivity index (χ4n) is 2.72. The lowest BCUT2D eigenvalue weighted by Crippen LogP contribution is -2.54. The van der Waals surface area contributed by atoms with Crippen LogP contribution in [0.5, 0.6) is 0 Å². The number of nitrogens with one attached hydrogen (secondary N) is 1. The van der Waals surface area contributed by atoms with Crippen molar-refractivity contribution >= 4 is 11.8 Å². The highest BCUT2D eigenvalue weighted by atomic mass is 19.1. The van der Waals surface area contributed by atoms with E-state index in [1.807, 2.05) is 20.8 Å². The summed E-state index contributed by atoms with van der Waals surface area (Å²) in [6.45, 7) is 6.75. The normalized spacial score (nSPS) is 17.5. The van der Waals surface area contributed by atoms with Crippen LogP contribution in [0.15, 0.2) is 24.3 Å². The van der Waals surface area contributed by atoms with E-state index in [0.717, 1.165) is 0 Å². The van der Waals surface area contributed by atoms with Crippen LogP contribution in [0.1, 0.15) is 44.0 Å². The number of carbonyl (C=O) groups excluding carboxylic acids is 2. The largest absolute Gasteiger partial charge is 0.352 e. The average Bonchev–Trinajstić information content (AvgIpc) is 2.53. The Morgan fingerprint density at radius 3 is 2.38 bits per heavy atom. The number of likely N-dealkylation sites (tertiary alicyclic amines) is 1. The quantitative estimate of drug-likeness (QED) is 0.886. The standard InChI is InChI=1S/C18H26FN3O2/c1-18(2,3)15(20)16(23)21-12-8-10-22(11-9-12)17(24)13-6-4-5-7-14(13)19/h4-7,12,15H,8-11,20H2,1-3H3,(H,21,23)/t15-/m1/s1. The molecule has 24 heavy (non-hydrogen) atoms. The first kappa shape index (κ1) is 18.4. The van der Waals surface area contributed by atoms with Crippen molar-refractivity contribution in [3.63, 3.8) is 0 Å². The minimum Gasteiger partial charge on any atom is -0.352 e. The molecule has 132 valence electrons.